The number of nitrogens with zero attached hydrogens (tertiary/aromatic N) is 1. The SMILES string of the molecule is Cc1ccc(CN2C[C@@H](C(=O)OCC(=O)Nc3ccc(Cl)c(C(F)(F)F)c3)CC2=O)cc1. The fourth-order valence-electron chi connectivity index (χ4n) is 3.27. The van der Waals surface area contributed by atoms with E-state index in [1.807, 2.05) is 31.2 Å². The molecule has 1 atom stereocenters. The quantitative estimate of drug-likeness (QED) is 0.645. The van der Waals surface area contributed by atoms with Gasteiger partial charge in [-0.3, -0.25) is 14.4 Å². The molecular weight excluding hydrogens is 449 g/mol. The molecule has 2 amide bonds. The van der Waals surface area contributed by atoms with Gasteiger partial charge >= 0.3 is 12.1 Å². The van der Waals surface area contributed by atoms with Crippen molar-refractivity contribution in [1.82, 2.24) is 4.90 Å². The Kier molecular flexibility index (Phi) is 7.08. The standard InChI is InChI=1S/C22H20ClF3N2O4/c1-13-2-4-14(5-3-13)10-28-11-15(8-20(28)30)21(31)32-12-19(29)27-16-6-7-18(23)17(9-16)22(24,25)26/h2-7,9,15H,8,10-12H2,1H3,(H,27,29)/t15-/m0/s1. The minimum absolute atomic E-state index is 0.0293. The number of rotatable bonds is 6. The largest absolute Gasteiger partial charge is 0.455 e. The van der Waals surface area contributed by atoms with E-state index in [1.54, 1.807) is 4.90 Å². The Morgan fingerprint density at radius 3 is 2.53 bits per heavy atom. The minimum Gasteiger partial charge on any atom is -0.455 e. The van der Waals surface area contributed by atoms with E-state index >= 15 is 0 Å². The summed E-state index contributed by atoms with van der Waals surface area (Å²) in [6.07, 6.45) is -4.71. The molecule has 1 N–H and O–H groups in total. The molecule has 1 aliphatic heterocycles. The smallest absolute Gasteiger partial charge is 0.417 e. The lowest BCUT2D eigenvalue weighted by atomic mass is 10.1. The lowest BCUT2D eigenvalue weighted by molar-refractivity contribution is -0.151. The van der Waals surface area contributed by atoms with E-state index in [0.29, 0.717) is 12.6 Å². The zero-order chi connectivity index (χ0) is 23.5. The Balaban J connectivity index is 1.51. The van der Waals surface area contributed by atoms with Crippen LogP contribution in [-0.2, 0) is 31.8 Å². The number of alkyl halides is 3. The number of nitrogens with one attached hydrogen (secondary N) is 1. The van der Waals surface area contributed by atoms with Crippen molar-refractivity contribution in [3.63, 3.8) is 0 Å². The van der Waals surface area contributed by atoms with Gasteiger partial charge in [-0.15, -0.1) is 0 Å². The Labute approximate surface area is 187 Å². The van der Waals surface area contributed by atoms with Gasteiger partial charge in [-0.2, -0.15) is 13.2 Å². The first-order valence-electron chi connectivity index (χ1n) is 9.69. The minimum atomic E-state index is -4.68. The third-order valence-electron chi connectivity index (χ3n) is 4.94. The van der Waals surface area contributed by atoms with Crippen LogP contribution >= 0.6 is 11.6 Å². The maximum atomic E-state index is 12.9. The van der Waals surface area contributed by atoms with Gasteiger partial charge in [-0.1, -0.05) is 41.4 Å². The second-order valence-corrected chi connectivity index (χ2v) is 7.92. The van der Waals surface area contributed by atoms with E-state index in [1.165, 1.54) is 6.07 Å². The van der Waals surface area contributed by atoms with Crippen LogP contribution in [0.15, 0.2) is 42.5 Å². The van der Waals surface area contributed by atoms with Gasteiger partial charge in [0.2, 0.25) is 5.91 Å². The Hall–Kier alpha value is -3.07. The average Bonchev–Trinajstić information content (AvgIpc) is 3.09. The number of aryl methyl sites for hydroxylation is 1. The molecule has 0 spiro atoms. The summed E-state index contributed by atoms with van der Waals surface area (Å²) in [4.78, 5) is 38.0. The summed E-state index contributed by atoms with van der Waals surface area (Å²) in [5.74, 6) is -2.44. The third-order valence-corrected chi connectivity index (χ3v) is 5.27. The number of carbonyl (C=O) groups is 3. The van der Waals surface area contributed by atoms with Crippen LogP contribution in [0.4, 0.5) is 18.9 Å². The summed E-state index contributed by atoms with van der Waals surface area (Å²) >= 11 is 5.54. The number of hydrogen-bond donors (Lipinski definition) is 1. The van der Waals surface area contributed by atoms with E-state index in [9.17, 15) is 27.6 Å². The number of ether oxygens (including phenoxy) is 1. The molecule has 0 bridgehead atoms. The van der Waals surface area contributed by atoms with Crippen molar-refractivity contribution in [1.29, 1.82) is 0 Å². The van der Waals surface area contributed by atoms with Crippen molar-refractivity contribution < 1.29 is 32.3 Å². The fraction of sp³-hybridized carbons (Fsp3) is 0.318. The maximum absolute atomic E-state index is 12.9. The topological polar surface area (TPSA) is 75.7 Å². The van der Waals surface area contributed by atoms with Crippen LogP contribution in [0.3, 0.4) is 0 Å². The first-order valence-corrected chi connectivity index (χ1v) is 10.1. The van der Waals surface area contributed by atoms with Crippen LogP contribution in [-0.4, -0.2) is 35.8 Å². The van der Waals surface area contributed by atoms with Gasteiger partial charge in [0.15, 0.2) is 6.61 Å². The summed E-state index contributed by atoms with van der Waals surface area (Å²) < 4.78 is 43.7. The number of hydrogen-bond acceptors (Lipinski definition) is 4. The average molecular weight is 469 g/mol. The molecule has 0 saturated carbocycles. The van der Waals surface area contributed by atoms with Gasteiger partial charge in [0.25, 0.3) is 5.91 Å². The summed E-state index contributed by atoms with van der Waals surface area (Å²) in [7, 11) is 0. The number of amides is 2. The van der Waals surface area contributed by atoms with Crippen LogP contribution in [0.1, 0.15) is 23.1 Å². The van der Waals surface area contributed by atoms with Crippen LogP contribution in [0, 0.1) is 12.8 Å². The normalized spacial score (nSPS) is 16.2. The number of esters is 1. The summed E-state index contributed by atoms with van der Waals surface area (Å²) in [6.45, 7) is 1.79. The van der Waals surface area contributed by atoms with E-state index in [2.05, 4.69) is 5.32 Å². The lowest BCUT2D eigenvalue weighted by Gasteiger charge is -2.16. The van der Waals surface area contributed by atoms with E-state index in [0.717, 1.165) is 17.2 Å². The molecule has 10 heteroatoms. The molecule has 1 fully saturated rings. The van der Waals surface area contributed by atoms with Crippen molar-refractivity contribution >= 4 is 35.1 Å². The summed E-state index contributed by atoms with van der Waals surface area (Å²) in [5.41, 5.74) is 0.795. The fourth-order valence-corrected chi connectivity index (χ4v) is 3.49. The summed E-state index contributed by atoms with van der Waals surface area (Å²) in [5, 5.41) is 1.73. The molecule has 1 aliphatic rings. The molecule has 170 valence electrons. The van der Waals surface area contributed by atoms with Gasteiger partial charge in [0, 0.05) is 25.2 Å². The zero-order valence-corrected chi connectivity index (χ0v) is 17.8. The maximum Gasteiger partial charge on any atom is 0.417 e. The molecule has 6 nitrogen and oxygen atoms in total. The zero-order valence-electron chi connectivity index (χ0n) is 17.0. The van der Waals surface area contributed by atoms with Crippen molar-refractivity contribution in [2.75, 3.05) is 18.5 Å². The van der Waals surface area contributed by atoms with Crippen molar-refractivity contribution in [3.05, 3.63) is 64.2 Å². The summed E-state index contributed by atoms with van der Waals surface area (Å²) in [6, 6.07) is 10.6. The van der Waals surface area contributed by atoms with Gasteiger partial charge in [-0.05, 0) is 30.7 Å². The molecule has 2 aromatic rings. The highest BCUT2D eigenvalue weighted by molar-refractivity contribution is 6.31. The Morgan fingerprint density at radius 1 is 1.19 bits per heavy atom. The number of likely N-dealkylation sites (tertiary alicyclic amines) is 1. The molecule has 0 aliphatic carbocycles. The van der Waals surface area contributed by atoms with Crippen LogP contribution in [0.25, 0.3) is 0 Å². The number of anilines is 1. The van der Waals surface area contributed by atoms with Crippen molar-refractivity contribution in [2.24, 2.45) is 5.92 Å². The van der Waals surface area contributed by atoms with Gasteiger partial charge in [-0.25, -0.2) is 0 Å². The molecular formula is C22H20ClF3N2O4. The molecule has 1 saturated heterocycles. The molecule has 0 unspecified atom stereocenters. The first-order chi connectivity index (χ1) is 15.0. The molecule has 1 heterocycles. The Bertz CT molecular complexity index is 1020. The highest BCUT2D eigenvalue weighted by Crippen LogP contribution is 2.36. The monoisotopic (exact) mass is 468 g/mol. The number of benzene rings is 2. The van der Waals surface area contributed by atoms with Crippen molar-refractivity contribution in [3.8, 4) is 0 Å². The van der Waals surface area contributed by atoms with Crippen LogP contribution < -0.4 is 5.32 Å². The predicted octanol–water partition coefficient (Wildman–Crippen LogP) is 4.20. The Morgan fingerprint density at radius 2 is 1.88 bits per heavy atom. The molecule has 2 aromatic carbocycles. The van der Waals surface area contributed by atoms with Crippen LogP contribution in [0.2, 0.25) is 5.02 Å². The third kappa shape index (κ3) is 6.00. The van der Waals surface area contributed by atoms with E-state index in [4.69, 9.17) is 16.3 Å². The van der Waals surface area contributed by atoms with E-state index in [-0.39, 0.29) is 24.6 Å². The van der Waals surface area contributed by atoms with Gasteiger partial charge < -0.3 is 15.0 Å². The van der Waals surface area contributed by atoms with Gasteiger partial charge in [0.05, 0.1) is 16.5 Å². The number of carbonyl (C=O) groups excluding carboxylic acids is 3. The van der Waals surface area contributed by atoms with Crippen LogP contribution in [0.5, 0.6) is 0 Å². The molecule has 32 heavy (non-hydrogen) atoms. The predicted molar refractivity (Wildman–Crippen MR) is 111 cm³/mol. The highest BCUT2D eigenvalue weighted by Gasteiger charge is 2.36. The van der Waals surface area contributed by atoms with E-state index < -0.39 is 41.2 Å². The van der Waals surface area contributed by atoms with Crippen molar-refractivity contribution in [2.45, 2.75) is 26.1 Å². The molecule has 3 rings (SSSR count). The first kappa shape index (κ1) is 23.6. The number of halogens is 4. The highest BCUT2D eigenvalue weighted by atomic mass is 35.5. The lowest BCUT2D eigenvalue weighted by Crippen LogP contribution is -2.28. The molecule has 0 aromatic heterocycles. The second kappa shape index (κ2) is 9.60. The molecule has 0 radical (unpaired) electrons. The van der Waals surface area contributed by atoms with Gasteiger partial charge in [0.1, 0.15) is 0 Å². The second-order valence-electron chi connectivity index (χ2n) is 7.51.